The predicted octanol–water partition coefficient (Wildman–Crippen LogP) is 3.79. The van der Waals surface area contributed by atoms with Crippen LogP contribution in [0, 0.1) is 10.8 Å². The van der Waals surface area contributed by atoms with Crippen LogP contribution in [0.25, 0.3) is 0 Å². The molecule has 7 heteroatoms. The summed E-state index contributed by atoms with van der Waals surface area (Å²) in [6, 6.07) is -2.17. The summed E-state index contributed by atoms with van der Waals surface area (Å²) < 4.78 is 40.0. The van der Waals surface area contributed by atoms with E-state index in [2.05, 4.69) is 13.2 Å². The van der Waals surface area contributed by atoms with Crippen molar-refractivity contribution in [2.45, 2.75) is 52.3 Å². The molecule has 1 rings (SSSR count). The van der Waals surface area contributed by atoms with E-state index in [1.807, 2.05) is 0 Å². The molecule has 1 saturated heterocycles. The maximum Gasteiger partial charge on any atom is 0.412 e. The molecule has 1 atom stereocenters. The third kappa shape index (κ3) is 3.95. The van der Waals surface area contributed by atoms with Gasteiger partial charge in [0.2, 0.25) is 0 Å². The average molecular weight is 333 g/mol. The zero-order valence-electron chi connectivity index (χ0n) is 13.6. The van der Waals surface area contributed by atoms with Crippen LogP contribution in [0.5, 0.6) is 0 Å². The highest BCUT2D eigenvalue weighted by molar-refractivity contribution is 5.87. The molecule has 0 aromatic heterocycles. The Morgan fingerprint density at radius 3 is 2.13 bits per heavy atom. The normalized spacial score (nSPS) is 21.2. The van der Waals surface area contributed by atoms with Gasteiger partial charge in [0, 0.05) is 0 Å². The maximum atomic E-state index is 13.3. The van der Waals surface area contributed by atoms with Gasteiger partial charge in [-0.15, -0.1) is 13.2 Å². The number of carbonyl (C=O) groups is 2. The molecule has 0 radical (unpaired) electrons. The molecular weight excluding hydrogens is 311 g/mol. The van der Waals surface area contributed by atoms with Crippen molar-refractivity contribution in [3.05, 3.63) is 25.3 Å². The second kappa shape index (κ2) is 6.37. The van der Waals surface area contributed by atoms with E-state index in [0.29, 0.717) is 0 Å². The molecule has 0 bridgehead atoms. The molecule has 1 heterocycles. The van der Waals surface area contributed by atoms with Gasteiger partial charge in [0.05, 0.1) is 10.8 Å². The van der Waals surface area contributed by atoms with Crippen LogP contribution in [0.1, 0.15) is 40.0 Å². The van der Waals surface area contributed by atoms with Crippen LogP contribution in [0.4, 0.5) is 13.2 Å². The molecule has 4 nitrogen and oxygen atoms in total. The summed E-state index contributed by atoms with van der Waals surface area (Å²) in [5.74, 6) is -1.76. The molecule has 1 aliphatic rings. The highest BCUT2D eigenvalue weighted by atomic mass is 19.4. The monoisotopic (exact) mass is 333 g/mol. The first-order chi connectivity index (χ1) is 10.4. The summed E-state index contributed by atoms with van der Waals surface area (Å²) in [7, 11) is 0. The van der Waals surface area contributed by atoms with Crippen molar-refractivity contribution in [2.24, 2.45) is 10.8 Å². The summed E-state index contributed by atoms with van der Waals surface area (Å²) in [6.45, 7) is 11.5. The zero-order chi connectivity index (χ0) is 18.1. The van der Waals surface area contributed by atoms with E-state index in [0.717, 1.165) is 0 Å². The Morgan fingerprint density at radius 2 is 1.78 bits per heavy atom. The lowest BCUT2D eigenvalue weighted by atomic mass is 9.78. The maximum absolute atomic E-state index is 13.3. The Balaban J connectivity index is 3.23. The number of hydroxylamine groups is 2. The molecule has 1 aliphatic heterocycles. The standard InChI is InChI=1S/C16H22F3NO3/c1-6-8-15(9-7-2)10-11(16(17,18)19)20(12(15)21)23-13(22)14(3,4)5/h6-7,11H,1-2,8-10H2,3-5H3/t11-/m0/s1. The molecule has 23 heavy (non-hydrogen) atoms. The highest BCUT2D eigenvalue weighted by Gasteiger charge is 2.61. The average Bonchev–Trinajstić information content (AvgIpc) is 2.64. The molecule has 0 saturated carbocycles. The third-order valence-electron chi connectivity index (χ3n) is 3.76. The summed E-state index contributed by atoms with van der Waals surface area (Å²) in [6.07, 6.45) is -2.31. The van der Waals surface area contributed by atoms with E-state index in [4.69, 9.17) is 4.84 Å². The molecule has 0 N–H and O–H groups in total. The fourth-order valence-electron chi connectivity index (χ4n) is 2.47. The van der Waals surface area contributed by atoms with Gasteiger partial charge in [0.25, 0.3) is 5.91 Å². The van der Waals surface area contributed by atoms with Crippen molar-refractivity contribution < 1.29 is 27.6 Å². The summed E-state index contributed by atoms with van der Waals surface area (Å²) in [4.78, 5) is 29.4. The summed E-state index contributed by atoms with van der Waals surface area (Å²) in [5.41, 5.74) is -2.36. The van der Waals surface area contributed by atoms with Gasteiger partial charge in [0.15, 0.2) is 6.04 Å². The number of alkyl halides is 3. The fraction of sp³-hybridized carbons (Fsp3) is 0.625. The van der Waals surface area contributed by atoms with Crippen LogP contribution in [-0.4, -0.2) is 29.2 Å². The van der Waals surface area contributed by atoms with Crippen LogP contribution < -0.4 is 0 Å². The van der Waals surface area contributed by atoms with Crippen LogP contribution >= 0.6 is 0 Å². The predicted molar refractivity (Wildman–Crippen MR) is 78.9 cm³/mol. The lowest BCUT2D eigenvalue weighted by Crippen LogP contribution is -2.46. The number of rotatable bonds is 5. The molecule has 1 amide bonds. The highest BCUT2D eigenvalue weighted by Crippen LogP contribution is 2.47. The second-order valence-corrected chi connectivity index (χ2v) is 6.79. The molecule has 0 spiro atoms. The Morgan fingerprint density at radius 1 is 1.30 bits per heavy atom. The largest absolute Gasteiger partial charge is 0.412 e. The van der Waals surface area contributed by atoms with E-state index >= 15 is 0 Å². The number of allylic oxidation sites excluding steroid dienone is 2. The quantitative estimate of drug-likeness (QED) is 0.719. The lowest BCUT2D eigenvalue weighted by molar-refractivity contribution is -0.252. The number of nitrogens with zero attached hydrogens (tertiary/aromatic N) is 1. The van der Waals surface area contributed by atoms with Gasteiger partial charge in [-0.2, -0.15) is 18.2 Å². The number of hydrogen-bond acceptors (Lipinski definition) is 3. The van der Waals surface area contributed by atoms with Gasteiger partial charge >= 0.3 is 12.1 Å². The van der Waals surface area contributed by atoms with Gasteiger partial charge in [-0.05, 0) is 40.0 Å². The van der Waals surface area contributed by atoms with Gasteiger partial charge in [0.1, 0.15) is 0 Å². The van der Waals surface area contributed by atoms with Crippen LogP contribution in [0.2, 0.25) is 0 Å². The summed E-state index contributed by atoms with van der Waals surface area (Å²) >= 11 is 0. The van der Waals surface area contributed by atoms with Crippen LogP contribution in [0.3, 0.4) is 0 Å². The number of carbonyl (C=O) groups excluding carboxylic acids is 2. The molecule has 0 unspecified atom stereocenters. The smallest absolute Gasteiger partial charge is 0.337 e. The van der Waals surface area contributed by atoms with E-state index in [-0.39, 0.29) is 17.9 Å². The van der Waals surface area contributed by atoms with E-state index in [1.165, 1.54) is 32.9 Å². The van der Waals surface area contributed by atoms with Crippen LogP contribution in [-0.2, 0) is 14.4 Å². The van der Waals surface area contributed by atoms with Crippen molar-refractivity contribution in [3.8, 4) is 0 Å². The molecule has 130 valence electrons. The van der Waals surface area contributed by atoms with Gasteiger partial charge in [-0.3, -0.25) is 4.79 Å². The number of amides is 1. The Kier molecular flexibility index (Phi) is 5.34. The second-order valence-electron chi connectivity index (χ2n) is 6.79. The van der Waals surface area contributed by atoms with Gasteiger partial charge < -0.3 is 4.84 Å². The molecule has 0 aliphatic carbocycles. The Hall–Kier alpha value is -1.79. The van der Waals surface area contributed by atoms with E-state index < -0.39 is 41.3 Å². The first-order valence-electron chi connectivity index (χ1n) is 7.23. The Labute approximate surface area is 133 Å². The minimum absolute atomic E-state index is 0.0496. The lowest BCUT2D eigenvalue weighted by Gasteiger charge is -2.28. The zero-order valence-corrected chi connectivity index (χ0v) is 13.6. The van der Waals surface area contributed by atoms with Gasteiger partial charge in [-0.1, -0.05) is 12.2 Å². The van der Waals surface area contributed by atoms with Gasteiger partial charge in [-0.25, -0.2) is 4.79 Å². The minimum Gasteiger partial charge on any atom is -0.337 e. The van der Waals surface area contributed by atoms with Crippen molar-refractivity contribution in [1.82, 2.24) is 5.06 Å². The van der Waals surface area contributed by atoms with E-state index in [1.54, 1.807) is 0 Å². The van der Waals surface area contributed by atoms with Crippen molar-refractivity contribution in [3.63, 3.8) is 0 Å². The molecular formula is C16H22F3NO3. The molecule has 1 fully saturated rings. The van der Waals surface area contributed by atoms with E-state index in [9.17, 15) is 22.8 Å². The van der Waals surface area contributed by atoms with Crippen molar-refractivity contribution >= 4 is 11.9 Å². The topological polar surface area (TPSA) is 46.6 Å². The first kappa shape index (κ1) is 19.3. The Bertz CT molecular complexity index is 496. The van der Waals surface area contributed by atoms with Crippen molar-refractivity contribution in [2.75, 3.05) is 0 Å². The van der Waals surface area contributed by atoms with Crippen molar-refractivity contribution in [1.29, 1.82) is 0 Å². The third-order valence-corrected chi connectivity index (χ3v) is 3.76. The molecule has 0 aromatic rings. The SMILES string of the molecule is C=CCC1(CC=C)C[C@@H](C(F)(F)F)N(OC(=O)C(C)(C)C)C1=O. The molecule has 0 aromatic carbocycles. The first-order valence-corrected chi connectivity index (χ1v) is 7.23. The minimum atomic E-state index is -4.70. The summed E-state index contributed by atoms with van der Waals surface area (Å²) in [5, 5.41) is 0.195. The number of hydrogen-bond donors (Lipinski definition) is 0. The number of halogens is 3. The van der Waals surface area contributed by atoms with Crippen LogP contribution in [0.15, 0.2) is 25.3 Å². The fourth-order valence-corrected chi connectivity index (χ4v) is 2.47.